The zero-order valence-corrected chi connectivity index (χ0v) is 8.85. The topological polar surface area (TPSA) is 60.7 Å². The van der Waals surface area contributed by atoms with Gasteiger partial charge in [0, 0.05) is 0 Å². The summed E-state index contributed by atoms with van der Waals surface area (Å²) >= 11 is 0. The average Bonchev–Trinajstić information content (AvgIpc) is 2.19. The van der Waals surface area contributed by atoms with Crippen molar-refractivity contribution in [1.29, 1.82) is 0 Å². The van der Waals surface area contributed by atoms with Crippen LogP contribution in [-0.2, 0) is 0 Å². The summed E-state index contributed by atoms with van der Waals surface area (Å²) in [4.78, 5) is 0. The van der Waals surface area contributed by atoms with E-state index in [-0.39, 0.29) is 6.61 Å². The maximum Gasteiger partial charge on any atom is 0.103 e. The molecule has 2 atom stereocenters. The molecule has 0 spiro atoms. The van der Waals surface area contributed by atoms with Crippen molar-refractivity contribution in [2.24, 2.45) is 0 Å². The molecule has 0 fully saturated rings. The van der Waals surface area contributed by atoms with Crippen molar-refractivity contribution in [3.8, 4) is 0 Å². The van der Waals surface area contributed by atoms with Crippen LogP contribution in [-0.4, -0.2) is 34.1 Å². The number of hydrogen-bond acceptors (Lipinski definition) is 3. The smallest absolute Gasteiger partial charge is 0.103 e. The number of hydrogen-bond donors (Lipinski definition) is 3. The van der Waals surface area contributed by atoms with Crippen LogP contribution >= 0.6 is 0 Å². The third-order valence-corrected chi connectivity index (χ3v) is 2.01. The van der Waals surface area contributed by atoms with E-state index in [0.717, 1.165) is 6.42 Å². The van der Waals surface area contributed by atoms with E-state index in [1.807, 2.05) is 13.8 Å². The Morgan fingerprint density at radius 2 is 2.00 bits per heavy atom. The lowest BCUT2D eigenvalue weighted by Gasteiger charge is -2.18. The van der Waals surface area contributed by atoms with Crippen molar-refractivity contribution in [3.05, 3.63) is 23.8 Å². The standard InChI is InChI=1S/C11H20O3/c1-3-5-7-9(8-12)11(14)10(13)6-4-2/h3,5,7,10-14H,4,6,8H2,1-2H3. The first-order valence-electron chi connectivity index (χ1n) is 4.96. The van der Waals surface area contributed by atoms with E-state index in [2.05, 4.69) is 0 Å². The van der Waals surface area contributed by atoms with E-state index in [0.29, 0.717) is 12.0 Å². The highest BCUT2D eigenvalue weighted by Gasteiger charge is 2.18. The third kappa shape index (κ3) is 4.56. The van der Waals surface area contributed by atoms with Crippen LogP contribution < -0.4 is 0 Å². The van der Waals surface area contributed by atoms with Crippen molar-refractivity contribution < 1.29 is 15.3 Å². The third-order valence-electron chi connectivity index (χ3n) is 2.01. The van der Waals surface area contributed by atoms with Crippen molar-refractivity contribution >= 4 is 0 Å². The molecule has 0 aliphatic heterocycles. The van der Waals surface area contributed by atoms with E-state index in [1.54, 1.807) is 18.2 Å². The molecular weight excluding hydrogens is 180 g/mol. The summed E-state index contributed by atoms with van der Waals surface area (Å²) in [5.41, 5.74) is 0.448. The molecule has 0 bridgehead atoms. The first kappa shape index (κ1) is 13.4. The fourth-order valence-corrected chi connectivity index (χ4v) is 1.17. The predicted octanol–water partition coefficient (Wildman–Crippen LogP) is 1.00. The zero-order valence-electron chi connectivity index (χ0n) is 8.85. The molecule has 0 amide bonds. The highest BCUT2D eigenvalue weighted by Crippen LogP contribution is 2.11. The number of aliphatic hydroxyl groups excluding tert-OH is 3. The summed E-state index contributed by atoms with van der Waals surface area (Å²) in [6.45, 7) is 3.55. The molecule has 14 heavy (non-hydrogen) atoms. The van der Waals surface area contributed by atoms with Crippen LogP contribution in [0, 0.1) is 0 Å². The lowest BCUT2D eigenvalue weighted by Crippen LogP contribution is -2.29. The van der Waals surface area contributed by atoms with Crippen LogP contribution in [0.15, 0.2) is 23.8 Å². The van der Waals surface area contributed by atoms with E-state index in [9.17, 15) is 10.2 Å². The van der Waals surface area contributed by atoms with Gasteiger partial charge in [0.05, 0.1) is 12.7 Å². The van der Waals surface area contributed by atoms with Crippen LogP contribution in [0.1, 0.15) is 26.7 Å². The maximum absolute atomic E-state index is 9.62. The van der Waals surface area contributed by atoms with Crippen LogP contribution in [0.2, 0.25) is 0 Å². The minimum absolute atomic E-state index is 0.230. The molecule has 0 aliphatic rings. The van der Waals surface area contributed by atoms with Crippen molar-refractivity contribution in [1.82, 2.24) is 0 Å². The Hall–Kier alpha value is -0.640. The second-order valence-electron chi connectivity index (χ2n) is 3.23. The van der Waals surface area contributed by atoms with Gasteiger partial charge in [0.25, 0.3) is 0 Å². The molecule has 3 heteroatoms. The fourth-order valence-electron chi connectivity index (χ4n) is 1.17. The van der Waals surface area contributed by atoms with E-state index in [4.69, 9.17) is 5.11 Å². The fraction of sp³-hybridized carbons (Fsp3) is 0.636. The van der Waals surface area contributed by atoms with Crippen molar-refractivity contribution in [3.63, 3.8) is 0 Å². The zero-order chi connectivity index (χ0) is 11.0. The second-order valence-corrected chi connectivity index (χ2v) is 3.23. The number of allylic oxidation sites excluding steroid dienone is 3. The number of aliphatic hydroxyl groups is 3. The van der Waals surface area contributed by atoms with Crippen LogP contribution in [0.5, 0.6) is 0 Å². The summed E-state index contributed by atoms with van der Waals surface area (Å²) in [5, 5.41) is 28.1. The van der Waals surface area contributed by atoms with Gasteiger partial charge in [0.15, 0.2) is 0 Å². The van der Waals surface area contributed by atoms with Gasteiger partial charge >= 0.3 is 0 Å². The van der Waals surface area contributed by atoms with Gasteiger partial charge in [-0.3, -0.25) is 0 Å². The lowest BCUT2D eigenvalue weighted by molar-refractivity contribution is 0.0302. The van der Waals surface area contributed by atoms with Gasteiger partial charge in [0.1, 0.15) is 6.10 Å². The molecule has 0 rings (SSSR count). The second kappa shape index (κ2) is 7.74. The minimum Gasteiger partial charge on any atom is -0.392 e. The van der Waals surface area contributed by atoms with Gasteiger partial charge in [-0.1, -0.05) is 31.6 Å². The summed E-state index contributed by atoms with van der Waals surface area (Å²) < 4.78 is 0. The monoisotopic (exact) mass is 200 g/mol. The van der Waals surface area contributed by atoms with E-state index >= 15 is 0 Å². The van der Waals surface area contributed by atoms with Crippen LogP contribution in [0.25, 0.3) is 0 Å². The molecule has 0 radical (unpaired) electrons. The summed E-state index contributed by atoms with van der Waals surface area (Å²) in [5.74, 6) is 0. The molecule has 0 aromatic carbocycles. The Morgan fingerprint density at radius 3 is 2.43 bits per heavy atom. The highest BCUT2D eigenvalue weighted by molar-refractivity contribution is 5.17. The molecule has 82 valence electrons. The van der Waals surface area contributed by atoms with Gasteiger partial charge in [-0.25, -0.2) is 0 Å². The predicted molar refractivity (Wildman–Crippen MR) is 56.9 cm³/mol. The van der Waals surface area contributed by atoms with Gasteiger partial charge in [-0.2, -0.15) is 0 Å². The molecule has 0 aliphatic carbocycles. The van der Waals surface area contributed by atoms with E-state index in [1.165, 1.54) is 0 Å². The summed E-state index contributed by atoms with van der Waals surface area (Å²) in [6.07, 6.45) is 4.75. The Balaban J connectivity index is 4.36. The first-order valence-corrected chi connectivity index (χ1v) is 4.96. The Bertz CT molecular complexity index is 197. The molecular formula is C11H20O3. The molecule has 3 nitrogen and oxygen atoms in total. The van der Waals surface area contributed by atoms with Crippen molar-refractivity contribution in [2.75, 3.05) is 6.61 Å². The molecule has 0 heterocycles. The van der Waals surface area contributed by atoms with Gasteiger partial charge in [-0.05, 0) is 18.9 Å². The Labute approximate surface area is 85.4 Å². The maximum atomic E-state index is 9.62. The largest absolute Gasteiger partial charge is 0.392 e. The van der Waals surface area contributed by atoms with E-state index < -0.39 is 12.2 Å². The Morgan fingerprint density at radius 1 is 1.36 bits per heavy atom. The molecule has 3 N–H and O–H groups in total. The van der Waals surface area contributed by atoms with Crippen LogP contribution in [0.4, 0.5) is 0 Å². The average molecular weight is 200 g/mol. The van der Waals surface area contributed by atoms with Crippen molar-refractivity contribution in [2.45, 2.75) is 38.9 Å². The molecule has 2 unspecified atom stereocenters. The minimum atomic E-state index is -0.962. The van der Waals surface area contributed by atoms with Gasteiger partial charge in [0.2, 0.25) is 0 Å². The quantitative estimate of drug-likeness (QED) is 0.561. The Kier molecular flexibility index (Phi) is 7.38. The molecule has 0 aromatic heterocycles. The first-order chi connectivity index (χ1) is 6.67. The summed E-state index contributed by atoms with van der Waals surface area (Å²) in [7, 11) is 0. The number of rotatable bonds is 6. The molecule has 0 saturated heterocycles. The summed E-state index contributed by atoms with van der Waals surface area (Å²) in [6, 6.07) is 0. The van der Waals surface area contributed by atoms with Crippen LogP contribution in [0.3, 0.4) is 0 Å². The normalized spacial score (nSPS) is 17.4. The van der Waals surface area contributed by atoms with Gasteiger partial charge in [-0.15, -0.1) is 0 Å². The molecule has 0 aromatic rings. The molecule has 0 saturated carbocycles. The lowest BCUT2D eigenvalue weighted by atomic mass is 10.0. The van der Waals surface area contributed by atoms with Gasteiger partial charge < -0.3 is 15.3 Å². The highest BCUT2D eigenvalue weighted by atomic mass is 16.3. The SMILES string of the molecule is CC=CC=C(CO)C(O)C(O)CCC.